The lowest BCUT2D eigenvalue weighted by atomic mass is 9.85. The van der Waals surface area contributed by atoms with Crippen LogP contribution in [0.25, 0.3) is 0 Å². The van der Waals surface area contributed by atoms with Crippen LogP contribution in [0.2, 0.25) is 10.0 Å². The largest absolute Gasteiger partial charge is 0.388 e. The van der Waals surface area contributed by atoms with Gasteiger partial charge in [0.1, 0.15) is 0 Å². The van der Waals surface area contributed by atoms with Crippen molar-refractivity contribution in [1.29, 1.82) is 0 Å². The molecule has 0 unspecified atom stereocenters. The minimum atomic E-state index is -0.779. The Hall–Kier alpha value is -0.770. The Morgan fingerprint density at radius 2 is 1.95 bits per heavy atom. The lowest BCUT2D eigenvalue weighted by Gasteiger charge is -2.32. The molecule has 0 atom stereocenters. The molecule has 1 fully saturated rings. The topological polar surface area (TPSA) is 49.3 Å². The van der Waals surface area contributed by atoms with Crippen LogP contribution in [0.4, 0.5) is 0 Å². The van der Waals surface area contributed by atoms with Gasteiger partial charge in [-0.05, 0) is 31.0 Å². The predicted molar refractivity (Wildman–Crippen MR) is 76.8 cm³/mol. The quantitative estimate of drug-likeness (QED) is 0.899. The van der Waals surface area contributed by atoms with E-state index in [0.717, 1.165) is 32.1 Å². The van der Waals surface area contributed by atoms with Crippen molar-refractivity contribution in [2.75, 3.05) is 6.54 Å². The van der Waals surface area contributed by atoms with Gasteiger partial charge in [0, 0.05) is 11.6 Å². The van der Waals surface area contributed by atoms with Crippen molar-refractivity contribution < 1.29 is 9.90 Å². The molecule has 0 spiro atoms. The zero-order valence-corrected chi connectivity index (χ0v) is 12.1. The number of carbonyl (C=O) groups excluding carboxylic acids is 1. The number of aliphatic hydroxyl groups is 1. The summed E-state index contributed by atoms with van der Waals surface area (Å²) in [7, 11) is 0. The first-order valence-corrected chi connectivity index (χ1v) is 7.21. The molecular weight excluding hydrogens is 285 g/mol. The van der Waals surface area contributed by atoms with Crippen LogP contribution >= 0.6 is 23.2 Å². The van der Waals surface area contributed by atoms with Crippen molar-refractivity contribution in [2.24, 2.45) is 0 Å². The zero-order valence-electron chi connectivity index (χ0n) is 10.6. The maximum atomic E-state index is 12.0. The number of amides is 1. The van der Waals surface area contributed by atoms with E-state index in [9.17, 15) is 9.90 Å². The average molecular weight is 302 g/mol. The minimum Gasteiger partial charge on any atom is -0.388 e. The van der Waals surface area contributed by atoms with E-state index in [-0.39, 0.29) is 12.5 Å². The Morgan fingerprint density at radius 1 is 1.26 bits per heavy atom. The lowest BCUT2D eigenvalue weighted by molar-refractivity contribution is 0.00526. The smallest absolute Gasteiger partial charge is 0.252 e. The van der Waals surface area contributed by atoms with Crippen LogP contribution in [0.15, 0.2) is 18.2 Å². The second kappa shape index (κ2) is 6.12. The zero-order chi connectivity index (χ0) is 13.9. The fraction of sp³-hybridized carbons (Fsp3) is 0.500. The van der Waals surface area contributed by atoms with Gasteiger partial charge >= 0.3 is 0 Å². The number of nitrogens with one attached hydrogen (secondary N) is 1. The summed E-state index contributed by atoms with van der Waals surface area (Å²) in [6, 6.07) is 4.76. The first-order chi connectivity index (χ1) is 9.00. The molecule has 1 saturated carbocycles. The molecule has 0 heterocycles. The van der Waals surface area contributed by atoms with E-state index in [0.29, 0.717) is 15.6 Å². The summed E-state index contributed by atoms with van der Waals surface area (Å²) < 4.78 is 0. The SMILES string of the molecule is O=C(NCC1(O)CCCCC1)c1cc(Cl)ccc1Cl. The molecule has 0 bridgehead atoms. The Labute approximate surface area is 122 Å². The highest BCUT2D eigenvalue weighted by Gasteiger charge is 2.29. The van der Waals surface area contributed by atoms with Gasteiger partial charge < -0.3 is 10.4 Å². The highest BCUT2D eigenvalue weighted by molar-refractivity contribution is 6.35. The first kappa shape index (κ1) is 14.6. The van der Waals surface area contributed by atoms with Gasteiger partial charge in [-0.3, -0.25) is 4.79 Å². The van der Waals surface area contributed by atoms with E-state index in [1.54, 1.807) is 12.1 Å². The molecule has 1 aromatic carbocycles. The van der Waals surface area contributed by atoms with Crippen molar-refractivity contribution in [2.45, 2.75) is 37.7 Å². The van der Waals surface area contributed by atoms with Gasteiger partial charge in [-0.2, -0.15) is 0 Å². The van der Waals surface area contributed by atoms with Crippen molar-refractivity contribution in [3.8, 4) is 0 Å². The summed E-state index contributed by atoms with van der Waals surface area (Å²) >= 11 is 11.8. The molecule has 1 aromatic rings. The summed E-state index contributed by atoms with van der Waals surface area (Å²) in [5, 5.41) is 13.9. The van der Waals surface area contributed by atoms with Gasteiger partial charge in [0.15, 0.2) is 0 Å². The fourth-order valence-electron chi connectivity index (χ4n) is 2.40. The van der Waals surface area contributed by atoms with Gasteiger partial charge in [-0.25, -0.2) is 0 Å². The minimum absolute atomic E-state index is 0.259. The lowest BCUT2D eigenvalue weighted by Crippen LogP contribution is -2.44. The van der Waals surface area contributed by atoms with Crippen LogP contribution in [0, 0.1) is 0 Å². The molecule has 2 N–H and O–H groups in total. The summed E-state index contributed by atoms with van der Waals surface area (Å²) in [5.74, 6) is -0.300. The van der Waals surface area contributed by atoms with Gasteiger partial charge in [0.05, 0.1) is 16.2 Å². The van der Waals surface area contributed by atoms with Crippen LogP contribution < -0.4 is 5.32 Å². The second-order valence-corrected chi connectivity index (χ2v) is 5.94. The molecular formula is C14H17Cl2NO2. The first-order valence-electron chi connectivity index (χ1n) is 6.46. The molecule has 3 nitrogen and oxygen atoms in total. The summed E-state index contributed by atoms with van der Waals surface area (Å²) in [6.45, 7) is 0.259. The molecule has 5 heteroatoms. The Morgan fingerprint density at radius 3 is 2.63 bits per heavy atom. The van der Waals surface area contributed by atoms with Crippen LogP contribution in [0.1, 0.15) is 42.5 Å². The number of hydrogen-bond donors (Lipinski definition) is 2. The standard InChI is InChI=1S/C14H17Cl2NO2/c15-10-4-5-12(16)11(8-10)13(18)17-9-14(19)6-2-1-3-7-14/h4-5,8,19H,1-3,6-7,9H2,(H,17,18). The third-order valence-electron chi connectivity index (χ3n) is 3.54. The number of halogens is 2. The van der Waals surface area contributed by atoms with Gasteiger partial charge in [-0.1, -0.05) is 42.5 Å². The van der Waals surface area contributed by atoms with Crippen molar-refractivity contribution in [3.05, 3.63) is 33.8 Å². The Balaban J connectivity index is 1.99. The second-order valence-electron chi connectivity index (χ2n) is 5.09. The van der Waals surface area contributed by atoms with Gasteiger partial charge in [0.25, 0.3) is 5.91 Å². The number of hydrogen-bond acceptors (Lipinski definition) is 2. The Kier molecular flexibility index (Phi) is 4.71. The maximum Gasteiger partial charge on any atom is 0.252 e. The van der Waals surface area contributed by atoms with E-state index in [2.05, 4.69) is 5.32 Å². The van der Waals surface area contributed by atoms with Crippen LogP contribution in [-0.2, 0) is 0 Å². The molecule has 104 valence electrons. The van der Waals surface area contributed by atoms with E-state index in [1.165, 1.54) is 6.07 Å². The normalized spacial score (nSPS) is 18.1. The molecule has 1 amide bonds. The Bertz CT molecular complexity index is 471. The van der Waals surface area contributed by atoms with Gasteiger partial charge in [-0.15, -0.1) is 0 Å². The predicted octanol–water partition coefficient (Wildman–Crippen LogP) is 3.42. The molecule has 1 aliphatic carbocycles. The fourth-order valence-corrected chi connectivity index (χ4v) is 2.77. The van der Waals surface area contributed by atoms with E-state index >= 15 is 0 Å². The molecule has 19 heavy (non-hydrogen) atoms. The summed E-state index contributed by atoms with van der Waals surface area (Å²) in [4.78, 5) is 12.0. The summed E-state index contributed by atoms with van der Waals surface area (Å²) in [6.07, 6.45) is 4.62. The van der Waals surface area contributed by atoms with E-state index in [4.69, 9.17) is 23.2 Å². The van der Waals surface area contributed by atoms with E-state index in [1.807, 2.05) is 0 Å². The van der Waals surface area contributed by atoms with Crippen molar-refractivity contribution in [1.82, 2.24) is 5.32 Å². The number of rotatable bonds is 3. The average Bonchev–Trinajstić information content (AvgIpc) is 2.40. The van der Waals surface area contributed by atoms with E-state index < -0.39 is 5.60 Å². The maximum absolute atomic E-state index is 12.0. The summed E-state index contributed by atoms with van der Waals surface area (Å²) in [5.41, 5.74) is -0.438. The van der Waals surface area contributed by atoms with Crippen molar-refractivity contribution >= 4 is 29.1 Å². The third-order valence-corrected chi connectivity index (χ3v) is 4.10. The molecule has 0 aromatic heterocycles. The molecule has 0 aliphatic heterocycles. The molecule has 0 radical (unpaired) electrons. The molecule has 2 rings (SSSR count). The molecule has 1 aliphatic rings. The van der Waals surface area contributed by atoms with Crippen LogP contribution in [0.5, 0.6) is 0 Å². The van der Waals surface area contributed by atoms with Crippen LogP contribution in [0.3, 0.4) is 0 Å². The van der Waals surface area contributed by atoms with Crippen molar-refractivity contribution in [3.63, 3.8) is 0 Å². The van der Waals surface area contributed by atoms with Crippen LogP contribution in [-0.4, -0.2) is 23.2 Å². The highest BCUT2D eigenvalue weighted by atomic mass is 35.5. The molecule has 0 saturated heterocycles. The van der Waals surface area contributed by atoms with Gasteiger partial charge in [0.2, 0.25) is 0 Å². The number of carbonyl (C=O) groups is 1. The monoisotopic (exact) mass is 301 g/mol. The highest BCUT2D eigenvalue weighted by Crippen LogP contribution is 2.27. The number of benzene rings is 1. The third kappa shape index (κ3) is 3.85.